The summed E-state index contributed by atoms with van der Waals surface area (Å²) in [5.74, 6) is 0.644. The molecule has 3 heteroatoms. The molecular weight excluding hydrogens is 232 g/mol. The van der Waals surface area contributed by atoms with Crippen molar-refractivity contribution in [3.63, 3.8) is 0 Å². The van der Waals surface area contributed by atoms with E-state index < -0.39 is 0 Å². The monoisotopic (exact) mass is 248 g/mol. The number of aryl methyl sites for hydroxylation is 2. The Balaban J connectivity index is 2.21. The second-order valence-corrected chi connectivity index (χ2v) is 5.34. The Morgan fingerprint density at radius 2 is 2.24 bits per heavy atom. The smallest absolute Gasteiger partial charge is 0.0524 e. The van der Waals surface area contributed by atoms with Crippen molar-refractivity contribution in [3.8, 4) is 0 Å². The Kier molecular flexibility index (Phi) is 2.64. The minimum absolute atomic E-state index is 0.644. The summed E-state index contributed by atoms with van der Waals surface area (Å²) < 4.78 is 2.31. The third kappa shape index (κ3) is 1.67. The van der Waals surface area contributed by atoms with E-state index in [4.69, 9.17) is 11.6 Å². The number of hydrogen-bond donors (Lipinski definition) is 1. The average molecular weight is 249 g/mol. The van der Waals surface area contributed by atoms with Crippen molar-refractivity contribution >= 4 is 22.5 Å². The van der Waals surface area contributed by atoms with Crippen LogP contribution in [-0.4, -0.2) is 17.7 Å². The summed E-state index contributed by atoms with van der Waals surface area (Å²) in [5, 5.41) is 5.59. The van der Waals surface area contributed by atoms with Crippen molar-refractivity contribution in [1.29, 1.82) is 0 Å². The normalized spacial score (nSPS) is 20.3. The summed E-state index contributed by atoms with van der Waals surface area (Å²) >= 11 is 6.20. The predicted octanol–water partition coefficient (Wildman–Crippen LogP) is 3.22. The van der Waals surface area contributed by atoms with Gasteiger partial charge in [0.05, 0.1) is 5.52 Å². The van der Waals surface area contributed by atoms with Crippen LogP contribution in [0.25, 0.3) is 10.9 Å². The van der Waals surface area contributed by atoms with E-state index in [0.29, 0.717) is 5.92 Å². The highest BCUT2D eigenvalue weighted by Gasteiger charge is 2.21. The second-order valence-electron chi connectivity index (χ2n) is 4.93. The van der Waals surface area contributed by atoms with E-state index >= 15 is 0 Å². The molecule has 2 heterocycles. The highest BCUT2D eigenvalue weighted by molar-refractivity contribution is 6.32. The van der Waals surface area contributed by atoms with E-state index in [1.807, 2.05) is 6.07 Å². The molecule has 0 radical (unpaired) electrons. The highest BCUT2D eigenvalue weighted by Crippen LogP contribution is 2.32. The molecule has 0 spiro atoms. The lowest BCUT2D eigenvalue weighted by molar-refractivity contribution is 0.694. The van der Waals surface area contributed by atoms with E-state index in [1.165, 1.54) is 28.6 Å². The van der Waals surface area contributed by atoms with Crippen LogP contribution in [0.5, 0.6) is 0 Å². The lowest BCUT2D eigenvalue weighted by atomic mass is 10.0. The molecule has 1 aliphatic heterocycles. The van der Waals surface area contributed by atoms with Crippen molar-refractivity contribution in [2.24, 2.45) is 7.05 Å². The number of benzene rings is 1. The largest absolute Gasteiger partial charge is 0.347 e. The van der Waals surface area contributed by atoms with Gasteiger partial charge in [-0.05, 0) is 37.6 Å². The molecule has 1 aromatic carbocycles. The maximum atomic E-state index is 6.20. The Hall–Kier alpha value is -0.990. The Morgan fingerprint density at radius 3 is 2.94 bits per heavy atom. The van der Waals surface area contributed by atoms with E-state index in [2.05, 4.69) is 36.0 Å². The Bertz CT molecular complexity index is 565. The van der Waals surface area contributed by atoms with Crippen LogP contribution in [0.15, 0.2) is 18.2 Å². The molecule has 17 heavy (non-hydrogen) atoms. The minimum atomic E-state index is 0.644. The lowest BCUT2D eigenvalue weighted by Crippen LogP contribution is -2.10. The summed E-state index contributed by atoms with van der Waals surface area (Å²) in [6.07, 6.45) is 1.23. The highest BCUT2D eigenvalue weighted by atomic mass is 35.5. The molecule has 0 bridgehead atoms. The van der Waals surface area contributed by atoms with Crippen LogP contribution in [0, 0.1) is 6.92 Å². The van der Waals surface area contributed by atoms with Gasteiger partial charge in [0.1, 0.15) is 0 Å². The Labute approximate surface area is 107 Å². The quantitative estimate of drug-likeness (QED) is 0.820. The first-order chi connectivity index (χ1) is 8.18. The number of halogens is 1. The van der Waals surface area contributed by atoms with E-state index in [1.54, 1.807) is 0 Å². The fraction of sp³-hybridized carbons (Fsp3) is 0.429. The topological polar surface area (TPSA) is 17.0 Å². The summed E-state index contributed by atoms with van der Waals surface area (Å²) in [6.45, 7) is 4.32. The van der Waals surface area contributed by atoms with Crippen LogP contribution in [0.1, 0.15) is 23.6 Å². The van der Waals surface area contributed by atoms with Crippen molar-refractivity contribution in [1.82, 2.24) is 9.88 Å². The molecule has 90 valence electrons. The van der Waals surface area contributed by atoms with E-state index in [0.717, 1.165) is 18.1 Å². The van der Waals surface area contributed by atoms with Crippen molar-refractivity contribution < 1.29 is 0 Å². The van der Waals surface area contributed by atoms with Gasteiger partial charge < -0.3 is 9.88 Å². The summed E-state index contributed by atoms with van der Waals surface area (Å²) in [7, 11) is 2.15. The summed E-state index contributed by atoms with van der Waals surface area (Å²) in [4.78, 5) is 0. The van der Waals surface area contributed by atoms with Gasteiger partial charge in [0.25, 0.3) is 0 Å². The molecular formula is C14H17ClN2. The number of nitrogens with zero attached hydrogens (tertiary/aromatic N) is 1. The number of hydrogen-bond acceptors (Lipinski definition) is 1. The molecule has 1 N–H and O–H groups in total. The van der Waals surface area contributed by atoms with Crippen LogP contribution in [0.4, 0.5) is 0 Å². The zero-order valence-electron chi connectivity index (χ0n) is 10.3. The van der Waals surface area contributed by atoms with Crippen LogP contribution in [0.2, 0.25) is 5.02 Å². The molecule has 0 amide bonds. The van der Waals surface area contributed by atoms with E-state index in [-0.39, 0.29) is 0 Å². The number of rotatable bonds is 1. The fourth-order valence-corrected chi connectivity index (χ4v) is 3.09. The lowest BCUT2D eigenvalue weighted by Gasteiger charge is -2.11. The number of nitrogens with one attached hydrogen (secondary N) is 1. The van der Waals surface area contributed by atoms with Crippen molar-refractivity contribution in [3.05, 3.63) is 34.5 Å². The first kappa shape index (κ1) is 11.1. The van der Waals surface area contributed by atoms with Crippen molar-refractivity contribution in [2.45, 2.75) is 19.3 Å². The number of aromatic nitrogens is 1. The van der Waals surface area contributed by atoms with Gasteiger partial charge in [-0.1, -0.05) is 17.7 Å². The molecule has 2 nitrogen and oxygen atoms in total. The SMILES string of the molecule is Cc1c(Cl)ccc2cc(C3CCNC3)n(C)c12. The number of fused-ring (bicyclic) bond motifs is 1. The van der Waals surface area contributed by atoms with Gasteiger partial charge in [0.2, 0.25) is 0 Å². The van der Waals surface area contributed by atoms with Gasteiger partial charge >= 0.3 is 0 Å². The summed E-state index contributed by atoms with van der Waals surface area (Å²) in [6, 6.07) is 6.43. The minimum Gasteiger partial charge on any atom is -0.347 e. The van der Waals surface area contributed by atoms with Crippen LogP contribution in [-0.2, 0) is 7.05 Å². The predicted molar refractivity (Wildman–Crippen MR) is 72.9 cm³/mol. The first-order valence-corrected chi connectivity index (χ1v) is 6.51. The molecule has 2 aromatic rings. The Morgan fingerprint density at radius 1 is 1.41 bits per heavy atom. The maximum Gasteiger partial charge on any atom is 0.0524 e. The molecule has 1 fully saturated rings. The molecule has 1 atom stereocenters. The van der Waals surface area contributed by atoms with E-state index in [9.17, 15) is 0 Å². The molecule has 0 aliphatic carbocycles. The first-order valence-electron chi connectivity index (χ1n) is 6.13. The maximum absolute atomic E-state index is 6.20. The van der Waals surface area contributed by atoms with Gasteiger partial charge in [-0.15, -0.1) is 0 Å². The molecule has 1 aromatic heterocycles. The van der Waals surface area contributed by atoms with Gasteiger partial charge in [-0.3, -0.25) is 0 Å². The average Bonchev–Trinajstić information content (AvgIpc) is 2.91. The molecule has 0 saturated carbocycles. The van der Waals surface area contributed by atoms with Crippen LogP contribution < -0.4 is 5.32 Å². The molecule has 1 unspecified atom stereocenters. The van der Waals surface area contributed by atoms with Gasteiger partial charge in [-0.2, -0.15) is 0 Å². The molecule has 3 rings (SSSR count). The zero-order valence-corrected chi connectivity index (χ0v) is 11.0. The van der Waals surface area contributed by atoms with Crippen molar-refractivity contribution in [2.75, 3.05) is 13.1 Å². The fourth-order valence-electron chi connectivity index (χ4n) is 2.94. The van der Waals surface area contributed by atoms with Gasteiger partial charge in [-0.25, -0.2) is 0 Å². The third-order valence-electron chi connectivity index (χ3n) is 3.90. The standard InChI is InChI=1S/C14H17ClN2/c1-9-12(15)4-3-10-7-13(17(2)14(9)10)11-5-6-16-8-11/h3-4,7,11,16H,5-6,8H2,1-2H3. The zero-order chi connectivity index (χ0) is 12.0. The van der Waals surface area contributed by atoms with Crippen LogP contribution in [0.3, 0.4) is 0 Å². The summed E-state index contributed by atoms with van der Waals surface area (Å²) in [5.41, 5.74) is 3.89. The van der Waals surface area contributed by atoms with Crippen LogP contribution >= 0.6 is 11.6 Å². The van der Waals surface area contributed by atoms with Gasteiger partial charge in [0, 0.05) is 35.6 Å². The van der Waals surface area contributed by atoms with Gasteiger partial charge in [0.15, 0.2) is 0 Å². The third-order valence-corrected chi connectivity index (χ3v) is 4.31. The molecule has 1 aliphatic rings. The second kappa shape index (κ2) is 4.04. The molecule has 1 saturated heterocycles.